The molecule has 0 aliphatic carbocycles. The Morgan fingerprint density at radius 3 is 1.29 bits per heavy atom. The summed E-state index contributed by atoms with van der Waals surface area (Å²) in [7, 11) is 0. The van der Waals surface area contributed by atoms with Gasteiger partial charge in [-0.3, -0.25) is 0 Å². The van der Waals surface area contributed by atoms with Crippen molar-refractivity contribution in [3.8, 4) is 33.6 Å². The van der Waals surface area contributed by atoms with Gasteiger partial charge in [-0.25, -0.2) is 0 Å². The Hall–Kier alpha value is -7.42. The van der Waals surface area contributed by atoms with Crippen molar-refractivity contribution >= 4 is 75.9 Å². The molecule has 0 aliphatic heterocycles. The molecule has 2 heterocycles. The van der Waals surface area contributed by atoms with Crippen LogP contribution in [0.25, 0.3) is 110 Å². The first-order valence-corrected chi connectivity index (χ1v) is 19.3. The van der Waals surface area contributed by atoms with Crippen LogP contribution in [0.15, 0.2) is 206 Å². The second kappa shape index (κ2) is 12.0. The monoisotopic (exact) mass is 710 g/mol. The minimum atomic E-state index is 1.15. The molecule has 0 fully saturated rings. The van der Waals surface area contributed by atoms with Crippen LogP contribution in [0.2, 0.25) is 0 Å². The molecule has 10 aromatic carbocycles. The zero-order valence-corrected chi connectivity index (χ0v) is 30.5. The van der Waals surface area contributed by atoms with E-state index in [1.165, 1.54) is 98.2 Å². The van der Waals surface area contributed by atoms with Crippen LogP contribution in [0.1, 0.15) is 0 Å². The highest BCUT2D eigenvalue weighted by atomic mass is 15.0. The standard InChI is InChI=1S/C54H34N2/c1-3-14-35(15-4-1)37-26-28-52-48(31-37)49-32-38(27-29-53(49)55(52)39-17-5-2-6-18-39)36-16-13-19-40(30-36)56-51-25-12-11-24-45(51)50-33-46-43-22-9-7-20-41(43)42-21-8-10-23-44(42)47(46)34-54(50)56/h1-34H. The normalized spacial score (nSPS) is 11.9. The molecular formula is C54H34N2. The van der Waals surface area contributed by atoms with E-state index in [9.17, 15) is 0 Å². The summed E-state index contributed by atoms with van der Waals surface area (Å²) < 4.78 is 4.86. The number of hydrogen-bond donors (Lipinski definition) is 0. The van der Waals surface area contributed by atoms with Gasteiger partial charge in [-0.1, -0.05) is 140 Å². The fourth-order valence-corrected chi connectivity index (χ4v) is 9.34. The number of para-hydroxylation sites is 2. The van der Waals surface area contributed by atoms with Crippen LogP contribution in [-0.2, 0) is 0 Å². The molecule has 2 aromatic heterocycles. The molecule has 260 valence electrons. The van der Waals surface area contributed by atoms with Gasteiger partial charge in [0, 0.05) is 32.9 Å². The Morgan fingerprint density at radius 2 is 0.625 bits per heavy atom. The minimum absolute atomic E-state index is 1.15. The summed E-state index contributed by atoms with van der Waals surface area (Å²) >= 11 is 0. The molecule has 12 rings (SSSR count). The maximum absolute atomic E-state index is 2.46. The van der Waals surface area contributed by atoms with E-state index in [4.69, 9.17) is 0 Å². The maximum atomic E-state index is 2.46. The average molecular weight is 711 g/mol. The van der Waals surface area contributed by atoms with Crippen molar-refractivity contribution in [3.63, 3.8) is 0 Å². The molecule has 0 spiro atoms. The van der Waals surface area contributed by atoms with E-state index < -0.39 is 0 Å². The van der Waals surface area contributed by atoms with Gasteiger partial charge in [0.05, 0.1) is 22.1 Å². The summed E-state index contributed by atoms with van der Waals surface area (Å²) in [6.45, 7) is 0. The van der Waals surface area contributed by atoms with E-state index in [0.717, 1.165) is 11.4 Å². The minimum Gasteiger partial charge on any atom is -0.309 e. The van der Waals surface area contributed by atoms with Crippen molar-refractivity contribution in [2.24, 2.45) is 0 Å². The van der Waals surface area contributed by atoms with Gasteiger partial charge >= 0.3 is 0 Å². The SMILES string of the molecule is c1ccc(-c2ccc3c(c2)c2cc(-c4cccc(-n5c6ccccc6c6cc7c8ccccc8c8ccccc8c7cc65)c4)ccc2n3-c2ccccc2)cc1. The second-order valence-corrected chi connectivity index (χ2v) is 14.9. The molecule has 12 aromatic rings. The number of nitrogens with zero attached hydrogens (tertiary/aromatic N) is 2. The largest absolute Gasteiger partial charge is 0.309 e. The van der Waals surface area contributed by atoms with Gasteiger partial charge in [-0.15, -0.1) is 0 Å². The predicted molar refractivity (Wildman–Crippen MR) is 239 cm³/mol. The smallest absolute Gasteiger partial charge is 0.0547 e. The molecule has 56 heavy (non-hydrogen) atoms. The number of aromatic nitrogens is 2. The van der Waals surface area contributed by atoms with Gasteiger partial charge in [-0.05, 0) is 121 Å². The van der Waals surface area contributed by atoms with E-state index in [1.807, 2.05) is 0 Å². The fraction of sp³-hybridized carbons (Fsp3) is 0. The molecule has 0 aliphatic rings. The lowest BCUT2D eigenvalue weighted by Gasteiger charge is -2.13. The van der Waals surface area contributed by atoms with Crippen LogP contribution in [0, 0.1) is 0 Å². The summed E-state index contributed by atoms with van der Waals surface area (Å²) in [5, 5.41) is 12.8. The van der Waals surface area contributed by atoms with E-state index in [1.54, 1.807) is 0 Å². The van der Waals surface area contributed by atoms with Crippen molar-refractivity contribution in [1.29, 1.82) is 0 Å². The Kier molecular flexibility index (Phi) is 6.66. The van der Waals surface area contributed by atoms with Crippen LogP contribution in [-0.4, -0.2) is 9.13 Å². The van der Waals surface area contributed by atoms with Gasteiger partial charge in [0.15, 0.2) is 0 Å². The molecule has 0 N–H and O–H groups in total. The Morgan fingerprint density at radius 1 is 0.196 bits per heavy atom. The van der Waals surface area contributed by atoms with Gasteiger partial charge in [0.1, 0.15) is 0 Å². The molecule has 0 radical (unpaired) electrons. The summed E-state index contributed by atoms with van der Waals surface area (Å²) in [4.78, 5) is 0. The van der Waals surface area contributed by atoms with Crippen molar-refractivity contribution in [1.82, 2.24) is 9.13 Å². The Balaban J connectivity index is 1.08. The fourth-order valence-electron chi connectivity index (χ4n) is 9.34. The summed E-state index contributed by atoms with van der Waals surface area (Å²) in [6, 6.07) is 75.8. The summed E-state index contributed by atoms with van der Waals surface area (Å²) in [6.07, 6.45) is 0. The van der Waals surface area contributed by atoms with E-state index >= 15 is 0 Å². The molecule has 2 heteroatoms. The van der Waals surface area contributed by atoms with Gasteiger partial charge in [0.2, 0.25) is 0 Å². The van der Waals surface area contributed by atoms with Gasteiger partial charge in [0.25, 0.3) is 0 Å². The lowest BCUT2D eigenvalue weighted by Crippen LogP contribution is -1.95. The van der Waals surface area contributed by atoms with E-state index in [0.29, 0.717) is 0 Å². The van der Waals surface area contributed by atoms with Crippen molar-refractivity contribution in [2.75, 3.05) is 0 Å². The topological polar surface area (TPSA) is 9.86 Å². The number of fused-ring (bicyclic) bond motifs is 12. The zero-order chi connectivity index (χ0) is 36.7. The van der Waals surface area contributed by atoms with E-state index in [-0.39, 0.29) is 0 Å². The molecule has 0 bridgehead atoms. The third kappa shape index (κ3) is 4.57. The summed E-state index contributed by atoms with van der Waals surface area (Å²) in [5.41, 5.74) is 12.0. The average Bonchev–Trinajstić information content (AvgIpc) is 3.78. The van der Waals surface area contributed by atoms with Crippen LogP contribution < -0.4 is 0 Å². The van der Waals surface area contributed by atoms with Crippen LogP contribution in [0.4, 0.5) is 0 Å². The number of hydrogen-bond acceptors (Lipinski definition) is 0. The first-order valence-electron chi connectivity index (χ1n) is 19.3. The van der Waals surface area contributed by atoms with Crippen molar-refractivity contribution in [2.45, 2.75) is 0 Å². The van der Waals surface area contributed by atoms with Crippen molar-refractivity contribution < 1.29 is 0 Å². The first kappa shape index (κ1) is 31.0. The first-order chi connectivity index (χ1) is 27.8. The molecule has 0 unspecified atom stereocenters. The number of benzene rings is 10. The highest BCUT2D eigenvalue weighted by molar-refractivity contribution is 6.28. The quantitative estimate of drug-likeness (QED) is 0.161. The third-order valence-electron chi connectivity index (χ3n) is 11.9. The molecule has 0 amide bonds. The molecule has 0 atom stereocenters. The Labute approximate surface area is 323 Å². The second-order valence-electron chi connectivity index (χ2n) is 14.9. The van der Waals surface area contributed by atoms with Crippen LogP contribution >= 0.6 is 0 Å². The number of rotatable bonds is 4. The zero-order valence-electron chi connectivity index (χ0n) is 30.5. The molecule has 2 nitrogen and oxygen atoms in total. The van der Waals surface area contributed by atoms with Crippen LogP contribution in [0.5, 0.6) is 0 Å². The Bertz CT molecular complexity index is 3510. The van der Waals surface area contributed by atoms with E-state index in [2.05, 4.69) is 215 Å². The molecule has 0 saturated carbocycles. The van der Waals surface area contributed by atoms with Crippen molar-refractivity contribution in [3.05, 3.63) is 206 Å². The lowest BCUT2D eigenvalue weighted by molar-refractivity contribution is 1.18. The molecular weight excluding hydrogens is 677 g/mol. The maximum Gasteiger partial charge on any atom is 0.0547 e. The highest BCUT2D eigenvalue weighted by Crippen LogP contribution is 2.42. The van der Waals surface area contributed by atoms with Gasteiger partial charge < -0.3 is 9.13 Å². The van der Waals surface area contributed by atoms with Gasteiger partial charge in [-0.2, -0.15) is 0 Å². The lowest BCUT2D eigenvalue weighted by atomic mass is 9.93. The predicted octanol–water partition coefficient (Wildman–Crippen LogP) is 14.7. The third-order valence-corrected chi connectivity index (χ3v) is 11.9. The highest BCUT2D eigenvalue weighted by Gasteiger charge is 2.18. The summed E-state index contributed by atoms with van der Waals surface area (Å²) in [5.74, 6) is 0. The van der Waals surface area contributed by atoms with Crippen LogP contribution in [0.3, 0.4) is 0 Å². The molecule has 0 saturated heterocycles.